The first kappa shape index (κ1) is 12.9. The van der Waals surface area contributed by atoms with E-state index in [-0.39, 0.29) is 6.04 Å². The summed E-state index contributed by atoms with van der Waals surface area (Å²) in [5.41, 5.74) is 4.63. The van der Waals surface area contributed by atoms with E-state index in [9.17, 15) is 0 Å². The van der Waals surface area contributed by atoms with Crippen molar-refractivity contribution in [3.63, 3.8) is 0 Å². The van der Waals surface area contributed by atoms with Gasteiger partial charge in [0.15, 0.2) is 4.32 Å². The number of thiol groups is 1. The van der Waals surface area contributed by atoms with E-state index >= 15 is 0 Å². The van der Waals surface area contributed by atoms with Crippen LogP contribution in [-0.4, -0.2) is 16.1 Å². The van der Waals surface area contributed by atoms with E-state index in [0.717, 1.165) is 11.3 Å². The van der Waals surface area contributed by atoms with Crippen LogP contribution in [-0.2, 0) is 0 Å². The zero-order valence-electron chi connectivity index (χ0n) is 9.58. The van der Waals surface area contributed by atoms with Crippen molar-refractivity contribution in [1.82, 2.24) is 10.7 Å². The molecule has 1 aromatic carbocycles. The molecule has 92 valence electrons. The summed E-state index contributed by atoms with van der Waals surface area (Å²) in [6, 6.07) is 9.97. The number of nitrogens with zero attached hydrogens (tertiary/aromatic N) is 1. The van der Waals surface area contributed by atoms with Gasteiger partial charge >= 0.3 is 0 Å². The second-order valence-electron chi connectivity index (χ2n) is 3.67. The quantitative estimate of drug-likeness (QED) is 0.343. The first-order chi connectivity index (χ1) is 8.77. The fraction of sp³-hybridized carbons (Fsp3) is 0.0769. The first-order valence-corrected chi connectivity index (χ1v) is 6.34. The van der Waals surface area contributed by atoms with E-state index in [1.807, 2.05) is 54.8 Å². The van der Waals surface area contributed by atoms with Gasteiger partial charge in [0, 0.05) is 5.56 Å². The molecule has 0 aliphatic carbocycles. The lowest BCUT2D eigenvalue weighted by molar-refractivity contribution is 0.851. The van der Waals surface area contributed by atoms with Gasteiger partial charge in [0.25, 0.3) is 0 Å². The number of hydrazone groups is 1. The molecule has 0 spiro atoms. The molecule has 1 atom stereocenters. The summed E-state index contributed by atoms with van der Waals surface area (Å²) in [6.45, 7) is 0. The van der Waals surface area contributed by atoms with E-state index in [1.54, 1.807) is 0 Å². The second kappa shape index (κ2) is 6.37. The lowest BCUT2D eigenvalue weighted by atomic mass is 10.0. The highest BCUT2D eigenvalue weighted by Gasteiger charge is 2.15. The van der Waals surface area contributed by atoms with Crippen LogP contribution in [0.2, 0.25) is 0 Å². The van der Waals surface area contributed by atoms with Crippen molar-refractivity contribution in [2.24, 2.45) is 5.10 Å². The number of benzene rings is 1. The van der Waals surface area contributed by atoms with E-state index in [4.69, 9.17) is 12.2 Å². The zero-order chi connectivity index (χ0) is 12.8. The van der Waals surface area contributed by atoms with Gasteiger partial charge in [0.05, 0.1) is 11.8 Å². The molecule has 18 heavy (non-hydrogen) atoms. The zero-order valence-corrected chi connectivity index (χ0v) is 11.3. The molecule has 0 amide bonds. The average Bonchev–Trinajstić information content (AvgIpc) is 2.41. The summed E-state index contributed by atoms with van der Waals surface area (Å²) < 4.78 is 0.346. The summed E-state index contributed by atoms with van der Waals surface area (Å²) in [5.74, 6) is 0. The van der Waals surface area contributed by atoms with Crippen molar-refractivity contribution >= 4 is 34.9 Å². The fourth-order valence-corrected chi connectivity index (χ4v) is 1.74. The van der Waals surface area contributed by atoms with Crippen molar-refractivity contribution in [3.05, 3.63) is 60.3 Å². The molecule has 0 bridgehead atoms. The number of nitrogens with one attached hydrogen (secondary N) is 2. The van der Waals surface area contributed by atoms with Crippen LogP contribution in [0.15, 0.2) is 59.9 Å². The molecule has 1 aliphatic rings. The molecule has 2 rings (SSSR count). The smallest absolute Gasteiger partial charge is 0.150 e. The number of rotatable bonds is 3. The molecular formula is C13H13N3S2. The number of dihydropyridines is 1. The Hall–Kier alpha value is -1.59. The van der Waals surface area contributed by atoms with Crippen LogP contribution in [0.5, 0.6) is 0 Å². The Balaban J connectivity index is 2.28. The summed E-state index contributed by atoms with van der Waals surface area (Å²) in [6.07, 6.45) is 7.85. The Morgan fingerprint density at radius 3 is 2.67 bits per heavy atom. The van der Waals surface area contributed by atoms with E-state index < -0.39 is 0 Å². The minimum atomic E-state index is 0.0209. The maximum Gasteiger partial charge on any atom is 0.150 e. The van der Waals surface area contributed by atoms with Gasteiger partial charge in [-0.25, -0.2) is 0 Å². The highest BCUT2D eigenvalue weighted by Crippen LogP contribution is 2.08. The van der Waals surface area contributed by atoms with E-state index in [1.165, 1.54) is 0 Å². The summed E-state index contributed by atoms with van der Waals surface area (Å²) >= 11 is 8.87. The number of hydrogen-bond donors (Lipinski definition) is 3. The molecule has 5 heteroatoms. The first-order valence-electron chi connectivity index (χ1n) is 5.48. The molecule has 0 fully saturated rings. The molecular weight excluding hydrogens is 262 g/mol. The average molecular weight is 275 g/mol. The topological polar surface area (TPSA) is 36.4 Å². The largest absolute Gasteiger partial charge is 0.379 e. The summed E-state index contributed by atoms with van der Waals surface area (Å²) in [5, 5.41) is 7.55. The number of thiocarbonyl (C=S) groups is 1. The SMILES string of the molecule is S=C(S)NN=C(c1ccccc1)C1C=CC=CN1. The molecule has 0 radical (unpaired) electrons. The third-order valence-electron chi connectivity index (χ3n) is 2.42. The van der Waals surface area contributed by atoms with E-state index in [2.05, 4.69) is 28.5 Å². The van der Waals surface area contributed by atoms with Crippen molar-refractivity contribution in [3.8, 4) is 0 Å². The minimum absolute atomic E-state index is 0.0209. The van der Waals surface area contributed by atoms with Crippen LogP contribution in [0, 0.1) is 0 Å². The summed E-state index contributed by atoms with van der Waals surface area (Å²) in [4.78, 5) is 0. The third kappa shape index (κ3) is 3.45. The van der Waals surface area contributed by atoms with Crippen LogP contribution in [0.1, 0.15) is 5.56 Å². The Morgan fingerprint density at radius 2 is 2.06 bits per heavy atom. The van der Waals surface area contributed by atoms with Crippen molar-refractivity contribution in [1.29, 1.82) is 0 Å². The van der Waals surface area contributed by atoms with Gasteiger partial charge in [-0.15, -0.1) is 12.6 Å². The van der Waals surface area contributed by atoms with Gasteiger partial charge in [0.1, 0.15) is 0 Å². The number of hydrogen-bond acceptors (Lipinski definition) is 3. The van der Waals surface area contributed by atoms with Crippen LogP contribution in [0.25, 0.3) is 0 Å². The van der Waals surface area contributed by atoms with Crippen molar-refractivity contribution in [2.45, 2.75) is 6.04 Å². The van der Waals surface area contributed by atoms with Crippen molar-refractivity contribution in [2.75, 3.05) is 0 Å². The molecule has 1 unspecified atom stereocenters. The molecule has 1 aromatic rings. The highest BCUT2D eigenvalue weighted by molar-refractivity contribution is 8.11. The molecule has 0 aromatic heterocycles. The van der Waals surface area contributed by atoms with Crippen molar-refractivity contribution < 1.29 is 0 Å². The van der Waals surface area contributed by atoms with Crippen LogP contribution in [0.3, 0.4) is 0 Å². The fourth-order valence-electron chi connectivity index (χ4n) is 1.65. The van der Waals surface area contributed by atoms with Gasteiger partial charge in [0.2, 0.25) is 0 Å². The lowest BCUT2D eigenvalue weighted by Crippen LogP contribution is -2.35. The standard InChI is InChI=1S/C13H13N3S2/c17-13(18)16-15-12(10-6-2-1-3-7-10)11-8-4-5-9-14-11/h1-9,11,14H,(H2,16,17,18). The predicted molar refractivity (Wildman–Crippen MR) is 82.9 cm³/mol. The van der Waals surface area contributed by atoms with Gasteiger partial charge in [-0.3, -0.25) is 5.43 Å². The maximum absolute atomic E-state index is 4.86. The van der Waals surface area contributed by atoms with Gasteiger partial charge < -0.3 is 5.32 Å². The maximum atomic E-state index is 4.86. The lowest BCUT2D eigenvalue weighted by Gasteiger charge is -2.18. The van der Waals surface area contributed by atoms with E-state index in [0.29, 0.717) is 4.32 Å². The minimum Gasteiger partial charge on any atom is -0.379 e. The number of allylic oxidation sites excluding steroid dienone is 2. The Morgan fingerprint density at radius 1 is 1.28 bits per heavy atom. The van der Waals surface area contributed by atoms with Gasteiger partial charge in [-0.1, -0.05) is 54.7 Å². The second-order valence-corrected chi connectivity index (χ2v) is 4.83. The van der Waals surface area contributed by atoms with Crippen LogP contribution >= 0.6 is 24.8 Å². The van der Waals surface area contributed by atoms with Crippen LogP contribution in [0.4, 0.5) is 0 Å². The molecule has 2 N–H and O–H groups in total. The summed E-state index contributed by atoms with van der Waals surface area (Å²) in [7, 11) is 0. The predicted octanol–water partition coefficient (Wildman–Crippen LogP) is 2.24. The van der Waals surface area contributed by atoms with Crippen LogP contribution < -0.4 is 10.7 Å². The Labute approximate surface area is 117 Å². The molecule has 1 aliphatic heterocycles. The monoisotopic (exact) mass is 275 g/mol. The molecule has 0 saturated heterocycles. The van der Waals surface area contributed by atoms with Gasteiger partial charge in [-0.2, -0.15) is 5.10 Å². The normalized spacial score (nSPS) is 18.3. The van der Waals surface area contributed by atoms with Gasteiger partial charge in [-0.05, 0) is 12.3 Å². The highest BCUT2D eigenvalue weighted by atomic mass is 32.1. The Kier molecular flexibility index (Phi) is 4.55. The molecule has 0 saturated carbocycles. The molecule has 3 nitrogen and oxygen atoms in total. The Bertz CT molecular complexity index is 506. The molecule has 1 heterocycles. The third-order valence-corrected chi connectivity index (χ3v) is 2.61.